The van der Waals surface area contributed by atoms with Gasteiger partial charge < -0.3 is 10.1 Å². The predicted octanol–water partition coefficient (Wildman–Crippen LogP) is 3.77. The number of nitrogens with one attached hydrogen (secondary N) is 1. The van der Waals surface area contributed by atoms with E-state index >= 15 is 0 Å². The number of halogens is 2. The first-order chi connectivity index (χ1) is 9.51. The molecular formula is C15H21BrFNO2. The minimum Gasteiger partial charge on any atom is -0.497 e. The maximum atomic E-state index is 13.8. The van der Waals surface area contributed by atoms with Crippen molar-refractivity contribution in [1.29, 1.82) is 0 Å². The Kier molecular flexibility index (Phi) is 6.46. The van der Waals surface area contributed by atoms with Crippen molar-refractivity contribution in [2.75, 3.05) is 19.0 Å². The van der Waals surface area contributed by atoms with Crippen LogP contribution in [-0.4, -0.2) is 24.9 Å². The number of ether oxygens (including phenoxy) is 1. The van der Waals surface area contributed by atoms with Gasteiger partial charge in [0.2, 0.25) is 0 Å². The molecule has 0 heterocycles. The standard InChI is InChI=1S/C15H21BrFNO2/c1-4-15(5-2,9-16)10-18-14(19)12-7-6-11(20-3)8-13(12)17/h6-8H,4-5,9-10H2,1-3H3,(H,18,19). The summed E-state index contributed by atoms with van der Waals surface area (Å²) in [7, 11) is 1.46. The van der Waals surface area contributed by atoms with Crippen LogP contribution in [0.3, 0.4) is 0 Å². The molecule has 112 valence electrons. The molecule has 20 heavy (non-hydrogen) atoms. The highest BCUT2D eigenvalue weighted by molar-refractivity contribution is 9.09. The summed E-state index contributed by atoms with van der Waals surface area (Å²) in [5.74, 6) is -0.562. The van der Waals surface area contributed by atoms with E-state index in [0.717, 1.165) is 18.2 Å². The Morgan fingerprint density at radius 3 is 2.50 bits per heavy atom. The molecule has 0 unspecified atom stereocenters. The minimum atomic E-state index is -0.570. The Morgan fingerprint density at radius 2 is 2.05 bits per heavy atom. The van der Waals surface area contributed by atoms with Crippen LogP contribution < -0.4 is 10.1 Å². The van der Waals surface area contributed by atoms with Gasteiger partial charge in [-0.2, -0.15) is 0 Å². The number of carbonyl (C=O) groups is 1. The molecular weight excluding hydrogens is 325 g/mol. The van der Waals surface area contributed by atoms with Crippen molar-refractivity contribution in [2.45, 2.75) is 26.7 Å². The molecule has 0 aromatic heterocycles. The average Bonchev–Trinajstić information content (AvgIpc) is 2.48. The molecule has 1 N–H and O–H groups in total. The van der Waals surface area contributed by atoms with Gasteiger partial charge in [0.05, 0.1) is 12.7 Å². The fraction of sp³-hybridized carbons (Fsp3) is 0.533. The number of benzene rings is 1. The second-order valence-electron chi connectivity index (χ2n) is 4.87. The van der Waals surface area contributed by atoms with E-state index in [-0.39, 0.29) is 11.0 Å². The molecule has 0 fully saturated rings. The van der Waals surface area contributed by atoms with Crippen LogP contribution in [0, 0.1) is 11.2 Å². The zero-order chi connectivity index (χ0) is 15.2. The lowest BCUT2D eigenvalue weighted by Crippen LogP contribution is -2.38. The summed E-state index contributed by atoms with van der Waals surface area (Å²) >= 11 is 3.49. The lowest BCUT2D eigenvalue weighted by atomic mass is 9.84. The molecule has 0 saturated carbocycles. The predicted molar refractivity (Wildman–Crippen MR) is 82.1 cm³/mol. The molecule has 0 aliphatic heterocycles. The quantitative estimate of drug-likeness (QED) is 0.764. The summed E-state index contributed by atoms with van der Waals surface area (Å²) in [6, 6.07) is 4.23. The number of rotatable bonds is 7. The lowest BCUT2D eigenvalue weighted by Gasteiger charge is -2.29. The topological polar surface area (TPSA) is 38.3 Å². The van der Waals surface area contributed by atoms with E-state index in [1.807, 2.05) is 0 Å². The molecule has 1 amide bonds. The van der Waals surface area contributed by atoms with E-state index in [0.29, 0.717) is 12.3 Å². The molecule has 0 aliphatic rings. The van der Waals surface area contributed by atoms with Gasteiger partial charge in [0, 0.05) is 17.9 Å². The Morgan fingerprint density at radius 1 is 1.40 bits per heavy atom. The zero-order valence-corrected chi connectivity index (χ0v) is 13.7. The Balaban J connectivity index is 2.77. The van der Waals surface area contributed by atoms with Crippen LogP contribution in [0.15, 0.2) is 18.2 Å². The third-order valence-corrected chi connectivity index (χ3v) is 5.02. The van der Waals surface area contributed by atoms with E-state index in [4.69, 9.17) is 4.74 Å². The summed E-state index contributed by atoms with van der Waals surface area (Å²) in [6.45, 7) is 4.70. The van der Waals surface area contributed by atoms with Gasteiger partial charge in [-0.25, -0.2) is 4.39 Å². The minimum absolute atomic E-state index is 0.0125. The highest BCUT2D eigenvalue weighted by atomic mass is 79.9. The van der Waals surface area contributed by atoms with Crippen molar-refractivity contribution < 1.29 is 13.9 Å². The highest BCUT2D eigenvalue weighted by Crippen LogP contribution is 2.28. The SMILES string of the molecule is CCC(CC)(CBr)CNC(=O)c1ccc(OC)cc1F. The van der Waals surface area contributed by atoms with Gasteiger partial charge in [-0.3, -0.25) is 4.79 Å². The van der Waals surface area contributed by atoms with Crippen LogP contribution in [-0.2, 0) is 0 Å². The number of hydrogen-bond acceptors (Lipinski definition) is 2. The number of hydrogen-bond donors (Lipinski definition) is 1. The molecule has 0 spiro atoms. The monoisotopic (exact) mass is 345 g/mol. The van der Waals surface area contributed by atoms with E-state index in [2.05, 4.69) is 35.1 Å². The van der Waals surface area contributed by atoms with Crippen LogP contribution in [0.2, 0.25) is 0 Å². The van der Waals surface area contributed by atoms with Gasteiger partial charge in [-0.05, 0) is 30.4 Å². The Bertz CT molecular complexity index is 453. The molecule has 5 heteroatoms. The normalized spacial score (nSPS) is 11.2. The maximum absolute atomic E-state index is 13.8. The van der Waals surface area contributed by atoms with E-state index in [1.54, 1.807) is 6.07 Å². The summed E-state index contributed by atoms with van der Waals surface area (Å²) < 4.78 is 18.7. The van der Waals surface area contributed by atoms with E-state index in [1.165, 1.54) is 19.2 Å². The number of alkyl halides is 1. The van der Waals surface area contributed by atoms with Crippen molar-refractivity contribution >= 4 is 21.8 Å². The Hall–Kier alpha value is -1.10. The second kappa shape index (κ2) is 7.62. The van der Waals surface area contributed by atoms with Crippen molar-refractivity contribution in [2.24, 2.45) is 5.41 Å². The van der Waals surface area contributed by atoms with E-state index in [9.17, 15) is 9.18 Å². The van der Waals surface area contributed by atoms with Gasteiger partial charge in [0.15, 0.2) is 0 Å². The number of carbonyl (C=O) groups excluding carboxylic acids is 1. The fourth-order valence-corrected chi connectivity index (χ4v) is 2.90. The third kappa shape index (κ3) is 3.95. The molecule has 0 atom stereocenters. The molecule has 0 aliphatic carbocycles. The fourth-order valence-electron chi connectivity index (χ4n) is 1.91. The number of amides is 1. The zero-order valence-electron chi connectivity index (χ0n) is 12.1. The summed E-state index contributed by atoms with van der Waals surface area (Å²) in [5, 5.41) is 3.63. The molecule has 0 bridgehead atoms. The largest absolute Gasteiger partial charge is 0.497 e. The van der Waals surface area contributed by atoms with Crippen molar-refractivity contribution in [1.82, 2.24) is 5.32 Å². The van der Waals surface area contributed by atoms with Crippen LogP contribution in [0.5, 0.6) is 5.75 Å². The van der Waals surface area contributed by atoms with Gasteiger partial charge in [-0.15, -0.1) is 0 Å². The van der Waals surface area contributed by atoms with Gasteiger partial charge in [0.1, 0.15) is 11.6 Å². The van der Waals surface area contributed by atoms with Crippen LogP contribution >= 0.6 is 15.9 Å². The Labute approximate surface area is 128 Å². The van der Waals surface area contributed by atoms with Gasteiger partial charge >= 0.3 is 0 Å². The summed E-state index contributed by atoms with van der Waals surface area (Å²) in [4.78, 5) is 12.1. The molecule has 1 aromatic carbocycles. The molecule has 1 rings (SSSR count). The van der Waals surface area contributed by atoms with Crippen molar-refractivity contribution in [3.63, 3.8) is 0 Å². The van der Waals surface area contributed by atoms with Crippen molar-refractivity contribution in [3.8, 4) is 5.75 Å². The van der Waals surface area contributed by atoms with Crippen LogP contribution in [0.1, 0.15) is 37.0 Å². The highest BCUT2D eigenvalue weighted by Gasteiger charge is 2.26. The van der Waals surface area contributed by atoms with Crippen molar-refractivity contribution in [3.05, 3.63) is 29.6 Å². The molecule has 1 aromatic rings. The smallest absolute Gasteiger partial charge is 0.254 e. The second-order valence-corrected chi connectivity index (χ2v) is 5.43. The first kappa shape index (κ1) is 17.0. The lowest BCUT2D eigenvalue weighted by molar-refractivity contribution is 0.0928. The average molecular weight is 346 g/mol. The van der Waals surface area contributed by atoms with Gasteiger partial charge in [0.25, 0.3) is 5.91 Å². The molecule has 0 radical (unpaired) electrons. The third-order valence-electron chi connectivity index (χ3n) is 3.83. The van der Waals surface area contributed by atoms with Crippen LogP contribution in [0.4, 0.5) is 4.39 Å². The molecule has 3 nitrogen and oxygen atoms in total. The van der Waals surface area contributed by atoms with Gasteiger partial charge in [-0.1, -0.05) is 29.8 Å². The first-order valence-corrected chi connectivity index (χ1v) is 7.81. The summed E-state index contributed by atoms with van der Waals surface area (Å²) in [5.41, 5.74) is 0.0555. The van der Waals surface area contributed by atoms with E-state index < -0.39 is 11.7 Å². The first-order valence-electron chi connectivity index (χ1n) is 6.69. The van der Waals surface area contributed by atoms with Crippen LogP contribution in [0.25, 0.3) is 0 Å². The maximum Gasteiger partial charge on any atom is 0.254 e. The number of methoxy groups -OCH3 is 1. The molecule has 0 saturated heterocycles. The summed E-state index contributed by atoms with van der Waals surface area (Å²) in [6.07, 6.45) is 1.89.